The molecule has 1 amide bonds. The van der Waals surface area contributed by atoms with E-state index in [1.807, 2.05) is 6.07 Å². The molecule has 6 heteroatoms. The first-order valence-corrected chi connectivity index (χ1v) is 9.53. The van der Waals surface area contributed by atoms with Crippen molar-refractivity contribution >= 4 is 11.7 Å². The normalized spacial score (nSPS) is 21.5. The summed E-state index contributed by atoms with van der Waals surface area (Å²) in [6, 6.07) is 11.6. The first-order chi connectivity index (χ1) is 14.0. The van der Waals surface area contributed by atoms with E-state index in [0.717, 1.165) is 11.1 Å². The lowest BCUT2D eigenvalue weighted by Gasteiger charge is -2.35. The number of ether oxygens (including phenoxy) is 2. The largest absolute Gasteiger partial charge is 0.497 e. The van der Waals surface area contributed by atoms with Crippen LogP contribution >= 0.6 is 0 Å². The van der Waals surface area contributed by atoms with Gasteiger partial charge in [0, 0.05) is 41.7 Å². The highest BCUT2D eigenvalue weighted by Crippen LogP contribution is 2.45. The highest BCUT2D eigenvalue weighted by Gasteiger charge is 2.39. The lowest BCUT2D eigenvalue weighted by Crippen LogP contribution is -2.38. The highest BCUT2D eigenvalue weighted by molar-refractivity contribution is 6.02. The van der Waals surface area contributed by atoms with Crippen molar-refractivity contribution in [2.24, 2.45) is 0 Å². The quantitative estimate of drug-likeness (QED) is 0.854. The summed E-state index contributed by atoms with van der Waals surface area (Å²) in [5.41, 5.74) is 3.00. The summed E-state index contributed by atoms with van der Waals surface area (Å²) in [5, 5.41) is 2.90. The van der Waals surface area contributed by atoms with Gasteiger partial charge in [-0.25, -0.2) is 4.39 Å². The second-order valence-corrected chi connectivity index (χ2v) is 7.38. The molecule has 0 fully saturated rings. The van der Waals surface area contributed by atoms with Crippen LogP contribution in [0.4, 0.5) is 4.39 Å². The molecule has 0 radical (unpaired) electrons. The third kappa shape index (κ3) is 3.62. The Bertz CT molecular complexity index is 996. The molecule has 0 bridgehead atoms. The third-order valence-corrected chi connectivity index (χ3v) is 5.69. The van der Waals surface area contributed by atoms with Crippen LogP contribution in [0.3, 0.4) is 0 Å². The van der Waals surface area contributed by atoms with Crippen LogP contribution in [0.25, 0.3) is 0 Å². The molecule has 0 spiro atoms. The Labute approximate surface area is 168 Å². The maximum absolute atomic E-state index is 13.3. The van der Waals surface area contributed by atoms with Gasteiger partial charge >= 0.3 is 0 Å². The van der Waals surface area contributed by atoms with Gasteiger partial charge in [-0.15, -0.1) is 0 Å². The SMILES string of the molecule is COc1ccc([C@@H]2CC(=O)NC3=C2C(=O)C[C@@H](c2ccc(F)cc2)C3)c(OC)c1. The number of methoxy groups -OCH3 is 2. The minimum absolute atomic E-state index is 0.00319. The van der Waals surface area contributed by atoms with E-state index in [1.165, 1.54) is 12.1 Å². The van der Waals surface area contributed by atoms with Crippen molar-refractivity contribution < 1.29 is 23.5 Å². The van der Waals surface area contributed by atoms with Crippen LogP contribution in [-0.4, -0.2) is 25.9 Å². The third-order valence-electron chi connectivity index (χ3n) is 5.69. The molecule has 1 aliphatic heterocycles. The predicted octanol–water partition coefficient (Wildman–Crippen LogP) is 3.85. The van der Waals surface area contributed by atoms with Crippen molar-refractivity contribution in [3.63, 3.8) is 0 Å². The van der Waals surface area contributed by atoms with Gasteiger partial charge in [-0.1, -0.05) is 18.2 Å². The molecular formula is C23H22FNO4. The first kappa shape index (κ1) is 19.2. The summed E-state index contributed by atoms with van der Waals surface area (Å²) in [6.45, 7) is 0. The van der Waals surface area contributed by atoms with E-state index in [2.05, 4.69) is 5.32 Å². The van der Waals surface area contributed by atoms with Crippen molar-refractivity contribution in [2.75, 3.05) is 14.2 Å². The zero-order valence-electron chi connectivity index (χ0n) is 16.3. The summed E-state index contributed by atoms with van der Waals surface area (Å²) in [4.78, 5) is 25.6. The number of allylic oxidation sites excluding steroid dienone is 2. The number of benzene rings is 2. The molecule has 5 nitrogen and oxygen atoms in total. The number of carbonyl (C=O) groups is 2. The summed E-state index contributed by atoms with van der Waals surface area (Å²) < 4.78 is 24.0. The Hall–Kier alpha value is -3.15. The van der Waals surface area contributed by atoms with E-state index in [1.54, 1.807) is 38.5 Å². The second-order valence-electron chi connectivity index (χ2n) is 7.38. The molecule has 1 N–H and O–H groups in total. The molecule has 0 aromatic heterocycles. The summed E-state index contributed by atoms with van der Waals surface area (Å²) in [6.07, 6.45) is 1.05. The van der Waals surface area contributed by atoms with Crippen LogP contribution in [0, 0.1) is 5.82 Å². The topological polar surface area (TPSA) is 64.6 Å². The Morgan fingerprint density at radius 1 is 0.966 bits per heavy atom. The van der Waals surface area contributed by atoms with Gasteiger partial charge in [0.15, 0.2) is 5.78 Å². The molecule has 1 heterocycles. The monoisotopic (exact) mass is 395 g/mol. The Morgan fingerprint density at radius 3 is 2.41 bits per heavy atom. The fourth-order valence-corrected chi connectivity index (χ4v) is 4.30. The number of hydrogen-bond acceptors (Lipinski definition) is 4. The average molecular weight is 395 g/mol. The molecule has 150 valence electrons. The van der Waals surface area contributed by atoms with E-state index in [0.29, 0.717) is 35.6 Å². The minimum atomic E-state index is -0.360. The van der Waals surface area contributed by atoms with Gasteiger partial charge in [0.1, 0.15) is 17.3 Å². The molecule has 0 unspecified atom stereocenters. The second kappa shape index (κ2) is 7.70. The van der Waals surface area contributed by atoms with E-state index >= 15 is 0 Å². The number of rotatable bonds is 4. The van der Waals surface area contributed by atoms with Gasteiger partial charge in [-0.3, -0.25) is 9.59 Å². The fraction of sp³-hybridized carbons (Fsp3) is 0.304. The van der Waals surface area contributed by atoms with Gasteiger partial charge < -0.3 is 14.8 Å². The smallest absolute Gasteiger partial charge is 0.225 e. The fourth-order valence-electron chi connectivity index (χ4n) is 4.30. The van der Waals surface area contributed by atoms with E-state index in [-0.39, 0.29) is 35.8 Å². The molecule has 2 aliphatic rings. The van der Waals surface area contributed by atoms with Crippen molar-refractivity contribution in [2.45, 2.75) is 31.1 Å². The van der Waals surface area contributed by atoms with Gasteiger partial charge in [0.05, 0.1) is 14.2 Å². The maximum Gasteiger partial charge on any atom is 0.225 e. The van der Waals surface area contributed by atoms with Crippen LogP contribution in [-0.2, 0) is 9.59 Å². The molecule has 1 aliphatic carbocycles. The Balaban J connectivity index is 1.73. The molecule has 2 aromatic carbocycles. The number of halogens is 1. The van der Waals surface area contributed by atoms with Crippen LogP contribution in [0.2, 0.25) is 0 Å². The number of nitrogens with one attached hydrogen (secondary N) is 1. The van der Waals surface area contributed by atoms with Crippen LogP contribution in [0.15, 0.2) is 53.7 Å². The molecule has 29 heavy (non-hydrogen) atoms. The van der Waals surface area contributed by atoms with Gasteiger partial charge in [-0.2, -0.15) is 0 Å². The highest BCUT2D eigenvalue weighted by atomic mass is 19.1. The van der Waals surface area contributed by atoms with Gasteiger partial charge in [0.25, 0.3) is 0 Å². The van der Waals surface area contributed by atoms with Crippen LogP contribution in [0.5, 0.6) is 11.5 Å². The van der Waals surface area contributed by atoms with Gasteiger partial charge in [0.2, 0.25) is 5.91 Å². The predicted molar refractivity (Wildman–Crippen MR) is 105 cm³/mol. The van der Waals surface area contributed by atoms with Crippen molar-refractivity contribution in [3.05, 3.63) is 70.7 Å². The van der Waals surface area contributed by atoms with Crippen molar-refractivity contribution in [1.29, 1.82) is 0 Å². The van der Waals surface area contributed by atoms with E-state index in [4.69, 9.17) is 9.47 Å². The van der Waals surface area contributed by atoms with Crippen molar-refractivity contribution in [3.8, 4) is 11.5 Å². The summed E-state index contributed by atoms with van der Waals surface area (Å²) >= 11 is 0. The molecule has 2 atom stereocenters. The number of hydrogen-bond donors (Lipinski definition) is 1. The van der Waals surface area contributed by atoms with Gasteiger partial charge in [-0.05, 0) is 36.1 Å². The van der Waals surface area contributed by atoms with E-state index < -0.39 is 0 Å². The maximum atomic E-state index is 13.3. The molecule has 2 aromatic rings. The first-order valence-electron chi connectivity index (χ1n) is 9.53. The Kier molecular flexibility index (Phi) is 5.09. The number of Topliss-reactive ketones (excluding diaryl/α,β-unsaturated/α-hetero) is 1. The average Bonchev–Trinajstić information content (AvgIpc) is 2.72. The molecular weight excluding hydrogens is 373 g/mol. The number of carbonyl (C=O) groups excluding carboxylic acids is 2. The number of ketones is 1. The molecule has 0 saturated heterocycles. The lowest BCUT2D eigenvalue weighted by molar-refractivity contribution is -0.122. The number of amides is 1. The lowest BCUT2D eigenvalue weighted by atomic mass is 9.73. The Morgan fingerprint density at radius 2 is 1.72 bits per heavy atom. The summed E-state index contributed by atoms with van der Waals surface area (Å²) in [7, 11) is 3.13. The van der Waals surface area contributed by atoms with Crippen LogP contribution in [0.1, 0.15) is 42.2 Å². The van der Waals surface area contributed by atoms with Crippen molar-refractivity contribution in [1.82, 2.24) is 5.32 Å². The standard InChI is InChI=1S/C23H22FNO4/c1-28-16-7-8-17(21(11-16)29-2)18-12-22(27)25-19-9-14(10-20(26)23(18)19)13-3-5-15(24)6-4-13/h3-8,11,14,18H,9-10,12H2,1-2H3,(H,25,27)/t14-,18-/m0/s1. The molecule has 0 saturated carbocycles. The zero-order chi connectivity index (χ0) is 20.5. The van der Waals surface area contributed by atoms with Crippen LogP contribution < -0.4 is 14.8 Å². The van der Waals surface area contributed by atoms with E-state index in [9.17, 15) is 14.0 Å². The zero-order valence-corrected chi connectivity index (χ0v) is 16.3. The minimum Gasteiger partial charge on any atom is -0.497 e. The molecule has 4 rings (SSSR count). The summed E-state index contributed by atoms with van der Waals surface area (Å²) in [5.74, 6) is 0.353.